The standard InChI is InChI=1S/C12H14BrN3O3/c1-7(12(17)15-8-2-3-8)14-11-5-4-9(16(18)19)6-10(11)13/h4-8,14H,2-3H2,1H3,(H,15,17). The van der Waals surface area contributed by atoms with Crippen molar-refractivity contribution in [3.8, 4) is 0 Å². The van der Waals surface area contributed by atoms with Crippen molar-refractivity contribution < 1.29 is 9.72 Å². The Labute approximate surface area is 118 Å². The van der Waals surface area contributed by atoms with Crippen LogP contribution in [0.5, 0.6) is 0 Å². The van der Waals surface area contributed by atoms with E-state index in [-0.39, 0.29) is 11.6 Å². The number of carbonyl (C=O) groups excluding carboxylic acids is 1. The number of non-ortho nitro benzene ring substituents is 1. The Bertz CT molecular complexity index is 517. The Kier molecular flexibility index (Phi) is 4.04. The molecule has 1 aliphatic rings. The van der Waals surface area contributed by atoms with Crippen LogP contribution >= 0.6 is 15.9 Å². The Hall–Kier alpha value is -1.63. The number of hydrogen-bond donors (Lipinski definition) is 2. The molecule has 2 N–H and O–H groups in total. The van der Waals surface area contributed by atoms with Crippen LogP contribution < -0.4 is 10.6 Å². The van der Waals surface area contributed by atoms with E-state index in [0.29, 0.717) is 16.2 Å². The molecule has 1 fully saturated rings. The van der Waals surface area contributed by atoms with E-state index in [2.05, 4.69) is 26.6 Å². The third-order valence-corrected chi connectivity index (χ3v) is 3.51. The molecule has 6 nitrogen and oxygen atoms in total. The third kappa shape index (κ3) is 3.66. The zero-order valence-corrected chi connectivity index (χ0v) is 11.9. The quantitative estimate of drug-likeness (QED) is 0.642. The third-order valence-electron chi connectivity index (χ3n) is 2.85. The molecule has 102 valence electrons. The zero-order chi connectivity index (χ0) is 14.0. The average Bonchev–Trinajstić information content (AvgIpc) is 3.15. The number of rotatable bonds is 5. The first-order chi connectivity index (χ1) is 8.97. The summed E-state index contributed by atoms with van der Waals surface area (Å²) in [5.41, 5.74) is 0.663. The molecule has 19 heavy (non-hydrogen) atoms. The van der Waals surface area contributed by atoms with Gasteiger partial charge in [0.15, 0.2) is 0 Å². The normalized spacial score (nSPS) is 15.7. The highest BCUT2D eigenvalue weighted by Crippen LogP contribution is 2.27. The van der Waals surface area contributed by atoms with Crippen molar-refractivity contribution in [1.29, 1.82) is 0 Å². The minimum absolute atomic E-state index is 0.00695. The molecular formula is C12H14BrN3O3. The van der Waals surface area contributed by atoms with Crippen LogP contribution in [-0.2, 0) is 4.79 Å². The minimum atomic E-state index is -0.461. The van der Waals surface area contributed by atoms with E-state index in [1.54, 1.807) is 13.0 Å². The molecule has 7 heteroatoms. The lowest BCUT2D eigenvalue weighted by Gasteiger charge is -2.16. The summed E-state index contributed by atoms with van der Waals surface area (Å²) in [5.74, 6) is -0.0623. The number of carbonyl (C=O) groups is 1. The molecule has 0 spiro atoms. The van der Waals surface area contributed by atoms with Gasteiger partial charge in [0.1, 0.15) is 6.04 Å². The summed E-state index contributed by atoms with van der Waals surface area (Å²) in [4.78, 5) is 21.9. The van der Waals surface area contributed by atoms with E-state index in [9.17, 15) is 14.9 Å². The van der Waals surface area contributed by atoms with E-state index in [1.165, 1.54) is 12.1 Å². The van der Waals surface area contributed by atoms with Crippen LogP contribution in [0.1, 0.15) is 19.8 Å². The second-order valence-electron chi connectivity index (χ2n) is 4.57. The first kappa shape index (κ1) is 13.8. The van der Waals surface area contributed by atoms with Gasteiger partial charge in [-0.3, -0.25) is 14.9 Å². The Balaban J connectivity index is 2.01. The molecule has 2 rings (SSSR count). The smallest absolute Gasteiger partial charge is 0.270 e. The van der Waals surface area contributed by atoms with Crippen molar-refractivity contribution in [3.05, 3.63) is 32.8 Å². The molecule has 1 saturated carbocycles. The van der Waals surface area contributed by atoms with Crippen molar-refractivity contribution >= 4 is 33.2 Å². The highest BCUT2D eigenvalue weighted by atomic mass is 79.9. The van der Waals surface area contributed by atoms with E-state index < -0.39 is 11.0 Å². The van der Waals surface area contributed by atoms with Crippen molar-refractivity contribution in [2.75, 3.05) is 5.32 Å². The number of anilines is 1. The first-order valence-electron chi connectivity index (χ1n) is 5.98. The van der Waals surface area contributed by atoms with Crippen LogP contribution in [0.2, 0.25) is 0 Å². The van der Waals surface area contributed by atoms with Gasteiger partial charge in [0.2, 0.25) is 5.91 Å². The number of nitro groups is 1. The fraction of sp³-hybridized carbons (Fsp3) is 0.417. The Morgan fingerprint density at radius 3 is 2.74 bits per heavy atom. The number of nitrogens with zero attached hydrogens (tertiary/aromatic N) is 1. The number of nitrogens with one attached hydrogen (secondary N) is 2. The summed E-state index contributed by atoms with van der Waals surface area (Å²) in [6.07, 6.45) is 2.08. The van der Waals surface area contributed by atoms with Crippen LogP contribution in [0.15, 0.2) is 22.7 Å². The molecule has 1 aromatic carbocycles. The second-order valence-corrected chi connectivity index (χ2v) is 5.42. The van der Waals surface area contributed by atoms with Crippen molar-refractivity contribution in [2.24, 2.45) is 0 Å². The van der Waals surface area contributed by atoms with Gasteiger partial charge >= 0.3 is 0 Å². The maximum Gasteiger partial charge on any atom is 0.270 e. The van der Waals surface area contributed by atoms with Crippen LogP contribution in [-0.4, -0.2) is 22.9 Å². The number of halogens is 1. The van der Waals surface area contributed by atoms with Crippen molar-refractivity contribution in [2.45, 2.75) is 31.8 Å². The molecule has 0 bridgehead atoms. The monoisotopic (exact) mass is 327 g/mol. The fourth-order valence-corrected chi connectivity index (χ4v) is 2.07. The summed E-state index contributed by atoms with van der Waals surface area (Å²) in [6, 6.07) is 4.32. The van der Waals surface area contributed by atoms with E-state index >= 15 is 0 Å². The molecule has 0 radical (unpaired) electrons. The predicted molar refractivity (Wildman–Crippen MR) is 75.0 cm³/mol. The van der Waals surface area contributed by atoms with E-state index in [1.807, 2.05) is 0 Å². The Morgan fingerprint density at radius 1 is 1.53 bits per heavy atom. The Morgan fingerprint density at radius 2 is 2.21 bits per heavy atom. The lowest BCUT2D eigenvalue weighted by atomic mass is 10.2. The maximum atomic E-state index is 11.8. The van der Waals surface area contributed by atoms with Crippen LogP contribution in [0.3, 0.4) is 0 Å². The van der Waals surface area contributed by atoms with Gasteiger partial charge in [-0.2, -0.15) is 0 Å². The molecule has 0 aliphatic heterocycles. The summed E-state index contributed by atoms with van der Waals surface area (Å²) in [5, 5.41) is 16.5. The van der Waals surface area contributed by atoms with Gasteiger partial charge in [-0.25, -0.2) is 0 Å². The van der Waals surface area contributed by atoms with Gasteiger partial charge in [-0.05, 0) is 41.8 Å². The second kappa shape index (κ2) is 5.56. The SMILES string of the molecule is CC(Nc1ccc([N+](=O)[O-])cc1Br)C(=O)NC1CC1. The van der Waals surface area contributed by atoms with Gasteiger partial charge in [-0.15, -0.1) is 0 Å². The molecule has 0 saturated heterocycles. The highest BCUT2D eigenvalue weighted by molar-refractivity contribution is 9.10. The molecular weight excluding hydrogens is 314 g/mol. The molecule has 0 heterocycles. The molecule has 1 amide bonds. The van der Waals surface area contributed by atoms with Gasteiger partial charge in [-0.1, -0.05) is 0 Å². The fourth-order valence-electron chi connectivity index (χ4n) is 1.59. The topological polar surface area (TPSA) is 84.3 Å². The maximum absolute atomic E-state index is 11.8. The number of nitro benzene ring substituents is 1. The van der Waals surface area contributed by atoms with Crippen LogP contribution in [0.4, 0.5) is 11.4 Å². The van der Waals surface area contributed by atoms with Gasteiger partial charge < -0.3 is 10.6 Å². The molecule has 0 aromatic heterocycles. The van der Waals surface area contributed by atoms with Crippen LogP contribution in [0, 0.1) is 10.1 Å². The van der Waals surface area contributed by atoms with Gasteiger partial charge in [0.05, 0.1) is 4.92 Å². The number of hydrogen-bond acceptors (Lipinski definition) is 4. The van der Waals surface area contributed by atoms with Gasteiger partial charge in [0.25, 0.3) is 5.69 Å². The van der Waals surface area contributed by atoms with Crippen LogP contribution in [0.25, 0.3) is 0 Å². The van der Waals surface area contributed by atoms with Crippen molar-refractivity contribution in [3.63, 3.8) is 0 Å². The van der Waals surface area contributed by atoms with Crippen molar-refractivity contribution in [1.82, 2.24) is 5.32 Å². The molecule has 1 aliphatic carbocycles. The molecule has 1 atom stereocenters. The summed E-state index contributed by atoms with van der Waals surface area (Å²) >= 11 is 3.26. The lowest BCUT2D eigenvalue weighted by molar-refractivity contribution is -0.384. The summed E-state index contributed by atoms with van der Waals surface area (Å²) < 4.78 is 0.563. The number of amides is 1. The largest absolute Gasteiger partial charge is 0.373 e. The van der Waals surface area contributed by atoms with Gasteiger partial charge in [0, 0.05) is 28.3 Å². The van der Waals surface area contributed by atoms with E-state index in [0.717, 1.165) is 12.8 Å². The zero-order valence-electron chi connectivity index (χ0n) is 10.4. The summed E-state index contributed by atoms with van der Waals surface area (Å²) in [7, 11) is 0. The summed E-state index contributed by atoms with van der Waals surface area (Å²) in [6.45, 7) is 1.76. The first-order valence-corrected chi connectivity index (χ1v) is 6.77. The lowest BCUT2D eigenvalue weighted by Crippen LogP contribution is -2.38. The van der Waals surface area contributed by atoms with E-state index in [4.69, 9.17) is 0 Å². The highest BCUT2D eigenvalue weighted by Gasteiger charge is 2.25. The average molecular weight is 328 g/mol. The predicted octanol–water partition coefficient (Wildman–Crippen LogP) is 2.44. The molecule has 1 unspecified atom stereocenters. The minimum Gasteiger partial charge on any atom is -0.373 e. The molecule has 1 aromatic rings. The number of benzene rings is 1.